The molecule has 0 spiro atoms. The third kappa shape index (κ3) is 1.72. The van der Waals surface area contributed by atoms with Crippen LogP contribution in [0.1, 0.15) is 11.3 Å². The number of aromatic nitrogens is 2. The van der Waals surface area contributed by atoms with Crippen LogP contribution in [-0.4, -0.2) is 9.38 Å². The van der Waals surface area contributed by atoms with E-state index in [1.54, 1.807) is 0 Å². The summed E-state index contributed by atoms with van der Waals surface area (Å²) in [6, 6.07) is 14.7. The molecule has 0 aliphatic rings. The Labute approximate surface area is 101 Å². The van der Waals surface area contributed by atoms with Crippen LogP contribution in [0.4, 0.5) is 0 Å². The summed E-state index contributed by atoms with van der Waals surface area (Å²) in [5.41, 5.74) is 5.72. The van der Waals surface area contributed by atoms with Crippen molar-refractivity contribution in [3.05, 3.63) is 59.9 Å². The van der Waals surface area contributed by atoms with Crippen LogP contribution >= 0.6 is 0 Å². The molecule has 0 N–H and O–H groups in total. The van der Waals surface area contributed by atoms with Crippen LogP contribution in [-0.2, 0) is 0 Å². The lowest BCUT2D eigenvalue weighted by molar-refractivity contribution is 1.17. The molecule has 2 aromatic heterocycles. The highest BCUT2D eigenvalue weighted by Gasteiger charge is 2.06. The fraction of sp³-hybridized carbons (Fsp3) is 0.133. The number of fused-ring (bicyclic) bond motifs is 1. The van der Waals surface area contributed by atoms with E-state index in [2.05, 4.69) is 58.9 Å². The van der Waals surface area contributed by atoms with Gasteiger partial charge in [-0.2, -0.15) is 0 Å². The molecule has 2 nitrogen and oxygen atoms in total. The van der Waals surface area contributed by atoms with Gasteiger partial charge in [0.15, 0.2) is 0 Å². The Morgan fingerprint density at radius 3 is 2.53 bits per heavy atom. The smallest absolute Gasteiger partial charge is 0.137 e. The highest BCUT2D eigenvalue weighted by molar-refractivity contribution is 5.65. The van der Waals surface area contributed by atoms with Crippen LogP contribution in [0.15, 0.2) is 48.7 Å². The van der Waals surface area contributed by atoms with Crippen molar-refractivity contribution in [1.82, 2.24) is 9.38 Å². The average Bonchev–Trinajstić information content (AvgIpc) is 2.69. The number of benzene rings is 1. The summed E-state index contributed by atoms with van der Waals surface area (Å²) in [4.78, 5) is 4.52. The Balaban J connectivity index is 2.35. The molecule has 0 atom stereocenters. The maximum Gasteiger partial charge on any atom is 0.137 e. The molecule has 0 fully saturated rings. The summed E-state index contributed by atoms with van der Waals surface area (Å²) in [6.45, 7) is 4.13. The maximum absolute atomic E-state index is 4.52. The second-order valence-corrected chi connectivity index (χ2v) is 4.39. The standard InChI is InChI=1S/C15H14N2/c1-11-8-14(13-6-4-3-5-7-13)17-10-12(2)16-15(17)9-11/h3-10H,1-2H3. The zero-order chi connectivity index (χ0) is 11.8. The maximum atomic E-state index is 4.52. The van der Waals surface area contributed by atoms with Gasteiger partial charge < -0.3 is 0 Å². The lowest BCUT2D eigenvalue weighted by atomic mass is 10.1. The van der Waals surface area contributed by atoms with Crippen LogP contribution in [0.5, 0.6) is 0 Å². The Kier molecular flexibility index (Phi) is 2.22. The average molecular weight is 222 g/mol. The molecule has 0 bridgehead atoms. The van der Waals surface area contributed by atoms with Crippen molar-refractivity contribution in [3.8, 4) is 11.3 Å². The normalized spacial score (nSPS) is 10.9. The van der Waals surface area contributed by atoms with Gasteiger partial charge in [0.1, 0.15) is 5.65 Å². The fourth-order valence-electron chi connectivity index (χ4n) is 2.17. The second-order valence-electron chi connectivity index (χ2n) is 4.39. The number of aryl methyl sites for hydroxylation is 2. The molecular formula is C15H14N2. The van der Waals surface area contributed by atoms with E-state index in [0.29, 0.717) is 0 Å². The van der Waals surface area contributed by atoms with Crippen LogP contribution in [0, 0.1) is 13.8 Å². The summed E-state index contributed by atoms with van der Waals surface area (Å²) < 4.78 is 2.15. The topological polar surface area (TPSA) is 17.3 Å². The van der Waals surface area contributed by atoms with Crippen molar-refractivity contribution in [3.63, 3.8) is 0 Å². The third-order valence-electron chi connectivity index (χ3n) is 2.90. The van der Waals surface area contributed by atoms with Gasteiger partial charge in [-0.15, -0.1) is 0 Å². The van der Waals surface area contributed by atoms with Crippen LogP contribution < -0.4 is 0 Å². The first-order valence-electron chi connectivity index (χ1n) is 5.76. The van der Waals surface area contributed by atoms with Gasteiger partial charge >= 0.3 is 0 Å². The Morgan fingerprint density at radius 2 is 1.76 bits per heavy atom. The molecule has 0 amide bonds. The van der Waals surface area contributed by atoms with E-state index in [9.17, 15) is 0 Å². The van der Waals surface area contributed by atoms with E-state index < -0.39 is 0 Å². The third-order valence-corrected chi connectivity index (χ3v) is 2.90. The van der Waals surface area contributed by atoms with Crippen LogP contribution in [0.3, 0.4) is 0 Å². The van der Waals surface area contributed by atoms with Gasteiger partial charge in [-0.1, -0.05) is 30.3 Å². The van der Waals surface area contributed by atoms with Crippen molar-refractivity contribution >= 4 is 5.65 Å². The van der Waals surface area contributed by atoms with Gasteiger partial charge in [0, 0.05) is 6.20 Å². The van der Waals surface area contributed by atoms with Crippen molar-refractivity contribution in [1.29, 1.82) is 0 Å². The van der Waals surface area contributed by atoms with E-state index in [1.807, 2.05) is 13.0 Å². The largest absolute Gasteiger partial charge is 0.299 e. The molecule has 1 aromatic carbocycles. The van der Waals surface area contributed by atoms with Gasteiger partial charge in [0.2, 0.25) is 0 Å². The molecule has 0 aliphatic heterocycles. The number of pyridine rings is 1. The molecule has 2 heteroatoms. The minimum atomic E-state index is 1.02. The SMILES string of the molecule is Cc1cc(-c2ccccc2)n2cc(C)nc2c1. The summed E-state index contributed by atoms with van der Waals surface area (Å²) in [5.74, 6) is 0. The van der Waals surface area contributed by atoms with E-state index in [0.717, 1.165) is 11.3 Å². The Bertz CT molecular complexity index is 666. The van der Waals surface area contributed by atoms with E-state index >= 15 is 0 Å². The monoisotopic (exact) mass is 222 g/mol. The molecule has 3 aromatic rings. The van der Waals surface area contributed by atoms with Crippen molar-refractivity contribution in [2.75, 3.05) is 0 Å². The first-order valence-corrected chi connectivity index (χ1v) is 5.76. The lowest BCUT2D eigenvalue weighted by Crippen LogP contribution is -1.91. The number of rotatable bonds is 1. The molecule has 0 radical (unpaired) electrons. The minimum absolute atomic E-state index is 1.02. The molecule has 0 saturated heterocycles. The van der Waals surface area contributed by atoms with Crippen molar-refractivity contribution in [2.24, 2.45) is 0 Å². The van der Waals surface area contributed by atoms with Crippen LogP contribution in [0.25, 0.3) is 16.9 Å². The second kappa shape index (κ2) is 3.74. The summed E-state index contributed by atoms with van der Waals surface area (Å²) in [6.07, 6.45) is 2.08. The molecule has 17 heavy (non-hydrogen) atoms. The fourth-order valence-corrected chi connectivity index (χ4v) is 2.17. The molecule has 84 valence electrons. The Hall–Kier alpha value is -2.09. The molecule has 0 saturated carbocycles. The number of imidazole rings is 1. The van der Waals surface area contributed by atoms with E-state index in [4.69, 9.17) is 0 Å². The van der Waals surface area contributed by atoms with Gasteiger partial charge in [-0.3, -0.25) is 4.40 Å². The highest BCUT2D eigenvalue weighted by atomic mass is 15.0. The lowest BCUT2D eigenvalue weighted by Gasteiger charge is -2.07. The summed E-state index contributed by atoms with van der Waals surface area (Å²) in [7, 11) is 0. The zero-order valence-corrected chi connectivity index (χ0v) is 10.0. The summed E-state index contributed by atoms with van der Waals surface area (Å²) >= 11 is 0. The van der Waals surface area contributed by atoms with Crippen molar-refractivity contribution in [2.45, 2.75) is 13.8 Å². The van der Waals surface area contributed by atoms with Gasteiger partial charge in [-0.05, 0) is 37.1 Å². The van der Waals surface area contributed by atoms with E-state index in [-0.39, 0.29) is 0 Å². The molecule has 3 rings (SSSR count). The zero-order valence-electron chi connectivity index (χ0n) is 10.0. The first-order chi connectivity index (χ1) is 8.24. The van der Waals surface area contributed by atoms with Crippen LogP contribution in [0.2, 0.25) is 0 Å². The number of hydrogen-bond donors (Lipinski definition) is 0. The quantitative estimate of drug-likeness (QED) is 0.614. The Morgan fingerprint density at radius 1 is 1.00 bits per heavy atom. The van der Waals surface area contributed by atoms with Gasteiger partial charge in [0.25, 0.3) is 0 Å². The van der Waals surface area contributed by atoms with E-state index in [1.165, 1.54) is 16.8 Å². The molecule has 0 unspecified atom stereocenters. The predicted molar refractivity (Wildman–Crippen MR) is 70.1 cm³/mol. The number of hydrogen-bond acceptors (Lipinski definition) is 1. The molecule has 0 aliphatic carbocycles. The summed E-state index contributed by atoms with van der Waals surface area (Å²) in [5, 5.41) is 0. The first kappa shape index (κ1) is 10.1. The number of nitrogens with zero attached hydrogens (tertiary/aromatic N) is 2. The highest BCUT2D eigenvalue weighted by Crippen LogP contribution is 2.22. The van der Waals surface area contributed by atoms with Crippen molar-refractivity contribution < 1.29 is 0 Å². The van der Waals surface area contributed by atoms with Gasteiger partial charge in [0.05, 0.1) is 11.4 Å². The molecular weight excluding hydrogens is 208 g/mol. The van der Waals surface area contributed by atoms with Gasteiger partial charge in [-0.25, -0.2) is 4.98 Å². The predicted octanol–water partition coefficient (Wildman–Crippen LogP) is 3.62. The molecule has 2 heterocycles. The minimum Gasteiger partial charge on any atom is -0.299 e.